The van der Waals surface area contributed by atoms with Crippen molar-refractivity contribution in [3.63, 3.8) is 0 Å². The van der Waals surface area contributed by atoms with E-state index >= 15 is 0 Å². The van der Waals surface area contributed by atoms with Crippen molar-refractivity contribution in [2.75, 3.05) is 6.54 Å². The van der Waals surface area contributed by atoms with Gasteiger partial charge in [-0.2, -0.15) is 0 Å². The fraction of sp³-hybridized carbons (Fsp3) is 0.867. The van der Waals surface area contributed by atoms with Crippen molar-refractivity contribution in [3.05, 3.63) is 11.4 Å². The molecule has 0 amide bonds. The molecule has 0 saturated heterocycles. The van der Waals surface area contributed by atoms with Gasteiger partial charge in [-0.05, 0) is 37.6 Å². The first-order valence-electron chi connectivity index (χ1n) is 7.82. The van der Waals surface area contributed by atoms with Crippen LogP contribution in [-0.2, 0) is 19.4 Å². The van der Waals surface area contributed by atoms with E-state index in [0.717, 1.165) is 36.9 Å². The average Bonchev–Trinajstić information content (AvgIpc) is 2.68. The standard InChI is InChI=1S/C15H28N4/c1-12(2)6-7-15-14(8-10-16)17-18-19(15)11-9-13-4-3-5-13/h12-13H,3-11,16H2,1-2H3. The number of hydrogen-bond donors (Lipinski definition) is 1. The molecule has 0 aliphatic heterocycles. The lowest BCUT2D eigenvalue weighted by Crippen LogP contribution is -2.16. The van der Waals surface area contributed by atoms with Gasteiger partial charge in [0, 0.05) is 13.0 Å². The third kappa shape index (κ3) is 4.03. The van der Waals surface area contributed by atoms with Gasteiger partial charge in [-0.3, -0.25) is 0 Å². The van der Waals surface area contributed by atoms with Gasteiger partial charge >= 0.3 is 0 Å². The summed E-state index contributed by atoms with van der Waals surface area (Å²) in [5, 5.41) is 8.69. The van der Waals surface area contributed by atoms with E-state index < -0.39 is 0 Å². The molecule has 1 aromatic rings. The van der Waals surface area contributed by atoms with Crippen LogP contribution in [0.5, 0.6) is 0 Å². The Morgan fingerprint density at radius 1 is 1.32 bits per heavy atom. The van der Waals surface area contributed by atoms with Crippen molar-refractivity contribution >= 4 is 0 Å². The van der Waals surface area contributed by atoms with E-state index in [1.807, 2.05) is 0 Å². The molecule has 4 nitrogen and oxygen atoms in total. The second kappa shape index (κ2) is 7.04. The van der Waals surface area contributed by atoms with Crippen molar-refractivity contribution < 1.29 is 0 Å². The summed E-state index contributed by atoms with van der Waals surface area (Å²) >= 11 is 0. The maximum absolute atomic E-state index is 5.67. The maximum Gasteiger partial charge on any atom is 0.0871 e. The van der Waals surface area contributed by atoms with E-state index in [1.165, 1.54) is 37.8 Å². The van der Waals surface area contributed by atoms with E-state index in [1.54, 1.807) is 0 Å². The first-order chi connectivity index (χ1) is 9.20. The Kier molecular flexibility index (Phi) is 5.37. The zero-order chi connectivity index (χ0) is 13.7. The third-order valence-electron chi connectivity index (χ3n) is 4.23. The Bertz CT molecular complexity index is 379. The summed E-state index contributed by atoms with van der Waals surface area (Å²) in [6.45, 7) is 6.24. The Hall–Kier alpha value is -0.900. The monoisotopic (exact) mass is 264 g/mol. The van der Waals surface area contributed by atoms with Crippen molar-refractivity contribution in [2.24, 2.45) is 17.6 Å². The SMILES string of the molecule is CC(C)CCc1c(CCN)nnn1CCC1CCC1. The zero-order valence-corrected chi connectivity index (χ0v) is 12.4. The fourth-order valence-electron chi connectivity index (χ4n) is 2.66. The van der Waals surface area contributed by atoms with E-state index in [4.69, 9.17) is 5.73 Å². The van der Waals surface area contributed by atoms with Gasteiger partial charge in [0.15, 0.2) is 0 Å². The molecule has 1 heterocycles. The summed E-state index contributed by atoms with van der Waals surface area (Å²) in [5.74, 6) is 1.65. The molecule has 1 aliphatic rings. The Morgan fingerprint density at radius 3 is 2.68 bits per heavy atom. The molecule has 4 heteroatoms. The summed E-state index contributed by atoms with van der Waals surface area (Å²) in [5.41, 5.74) is 8.12. The van der Waals surface area contributed by atoms with Gasteiger partial charge in [-0.1, -0.05) is 38.3 Å². The highest BCUT2D eigenvalue weighted by molar-refractivity contribution is 5.11. The van der Waals surface area contributed by atoms with Crippen molar-refractivity contribution in [3.8, 4) is 0 Å². The lowest BCUT2D eigenvalue weighted by Gasteiger charge is -2.25. The number of aryl methyl sites for hydroxylation is 1. The van der Waals surface area contributed by atoms with E-state index in [0.29, 0.717) is 6.54 Å². The van der Waals surface area contributed by atoms with Crippen LogP contribution in [0.1, 0.15) is 57.3 Å². The zero-order valence-electron chi connectivity index (χ0n) is 12.4. The molecule has 1 saturated carbocycles. The highest BCUT2D eigenvalue weighted by atomic mass is 15.4. The van der Waals surface area contributed by atoms with Crippen molar-refractivity contribution in [1.29, 1.82) is 0 Å². The minimum absolute atomic E-state index is 0.663. The van der Waals surface area contributed by atoms with Crippen molar-refractivity contribution in [2.45, 2.75) is 65.3 Å². The van der Waals surface area contributed by atoms with Crippen LogP contribution in [0, 0.1) is 11.8 Å². The molecule has 19 heavy (non-hydrogen) atoms. The number of rotatable bonds is 8. The van der Waals surface area contributed by atoms with Crippen LogP contribution in [0.4, 0.5) is 0 Å². The molecular formula is C15H28N4. The van der Waals surface area contributed by atoms with E-state index in [-0.39, 0.29) is 0 Å². The largest absolute Gasteiger partial charge is 0.330 e. The number of aromatic nitrogens is 3. The molecule has 1 aromatic heterocycles. The van der Waals surface area contributed by atoms with Gasteiger partial charge in [0.05, 0.1) is 11.4 Å². The molecule has 2 N–H and O–H groups in total. The van der Waals surface area contributed by atoms with Crippen molar-refractivity contribution in [1.82, 2.24) is 15.0 Å². The highest BCUT2D eigenvalue weighted by Gasteiger charge is 2.19. The highest BCUT2D eigenvalue weighted by Crippen LogP contribution is 2.29. The Morgan fingerprint density at radius 2 is 2.11 bits per heavy atom. The van der Waals surface area contributed by atoms with Gasteiger partial charge in [0.2, 0.25) is 0 Å². The van der Waals surface area contributed by atoms with Crippen LogP contribution in [0.2, 0.25) is 0 Å². The molecule has 0 radical (unpaired) electrons. The van der Waals surface area contributed by atoms with Crippen LogP contribution in [-0.4, -0.2) is 21.5 Å². The molecule has 1 aliphatic carbocycles. The average molecular weight is 264 g/mol. The third-order valence-corrected chi connectivity index (χ3v) is 4.23. The molecule has 108 valence electrons. The minimum atomic E-state index is 0.663. The predicted molar refractivity (Wildman–Crippen MR) is 77.9 cm³/mol. The van der Waals surface area contributed by atoms with Gasteiger partial charge in [0.1, 0.15) is 0 Å². The summed E-state index contributed by atoms with van der Waals surface area (Å²) in [7, 11) is 0. The second-order valence-electron chi connectivity index (χ2n) is 6.26. The van der Waals surface area contributed by atoms with Crippen LogP contribution in [0.15, 0.2) is 0 Å². The predicted octanol–water partition coefficient (Wildman–Crippen LogP) is 2.56. The fourth-order valence-corrected chi connectivity index (χ4v) is 2.66. The first kappa shape index (κ1) is 14.5. The molecule has 0 unspecified atom stereocenters. The topological polar surface area (TPSA) is 56.7 Å². The maximum atomic E-state index is 5.67. The van der Waals surface area contributed by atoms with Crippen LogP contribution >= 0.6 is 0 Å². The Balaban J connectivity index is 1.98. The Labute approximate surface area is 116 Å². The summed E-state index contributed by atoms with van der Waals surface area (Å²) in [4.78, 5) is 0. The lowest BCUT2D eigenvalue weighted by atomic mass is 9.83. The molecule has 0 atom stereocenters. The van der Waals surface area contributed by atoms with E-state index in [2.05, 4.69) is 28.8 Å². The quantitative estimate of drug-likeness (QED) is 0.785. The number of nitrogens with two attached hydrogens (primary N) is 1. The molecule has 0 aromatic carbocycles. The second-order valence-corrected chi connectivity index (χ2v) is 6.26. The smallest absolute Gasteiger partial charge is 0.0871 e. The minimum Gasteiger partial charge on any atom is -0.330 e. The molecule has 0 bridgehead atoms. The first-order valence-corrected chi connectivity index (χ1v) is 7.82. The van der Waals surface area contributed by atoms with Crippen LogP contribution in [0.25, 0.3) is 0 Å². The van der Waals surface area contributed by atoms with Gasteiger partial charge in [-0.25, -0.2) is 4.68 Å². The number of hydrogen-bond acceptors (Lipinski definition) is 3. The number of nitrogens with zero attached hydrogens (tertiary/aromatic N) is 3. The molecule has 2 rings (SSSR count). The summed E-state index contributed by atoms with van der Waals surface area (Å²) < 4.78 is 2.14. The van der Waals surface area contributed by atoms with E-state index in [9.17, 15) is 0 Å². The molecular weight excluding hydrogens is 236 g/mol. The van der Waals surface area contributed by atoms with Crippen LogP contribution < -0.4 is 5.73 Å². The molecule has 1 fully saturated rings. The summed E-state index contributed by atoms with van der Waals surface area (Å²) in [6, 6.07) is 0. The normalized spacial score (nSPS) is 16.0. The lowest BCUT2D eigenvalue weighted by molar-refractivity contribution is 0.275. The molecule has 0 spiro atoms. The van der Waals surface area contributed by atoms with Gasteiger partial charge in [-0.15, -0.1) is 5.10 Å². The van der Waals surface area contributed by atoms with Gasteiger partial charge in [0.25, 0.3) is 0 Å². The van der Waals surface area contributed by atoms with Crippen LogP contribution in [0.3, 0.4) is 0 Å². The van der Waals surface area contributed by atoms with Gasteiger partial charge < -0.3 is 5.73 Å². The summed E-state index contributed by atoms with van der Waals surface area (Å²) in [6.07, 6.45) is 8.65.